The van der Waals surface area contributed by atoms with Crippen molar-refractivity contribution >= 4 is 32.4 Å². The number of nitrogens with zero attached hydrogens (tertiary/aromatic N) is 2. The average Bonchev–Trinajstić information content (AvgIpc) is 3.10. The fourth-order valence-corrected chi connectivity index (χ4v) is 5.34. The van der Waals surface area contributed by atoms with E-state index in [0.29, 0.717) is 12.2 Å². The van der Waals surface area contributed by atoms with Gasteiger partial charge in [-0.25, -0.2) is 13.1 Å². The summed E-state index contributed by atoms with van der Waals surface area (Å²) in [5.74, 6) is 0.355. The predicted molar refractivity (Wildman–Crippen MR) is 102 cm³/mol. The van der Waals surface area contributed by atoms with Crippen LogP contribution in [0.4, 0.5) is 5.13 Å². The first-order valence-electron chi connectivity index (χ1n) is 8.70. The van der Waals surface area contributed by atoms with Crippen molar-refractivity contribution in [2.45, 2.75) is 56.0 Å². The maximum atomic E-state index is 12.8. The van der Waals surface area contributed by atoms with E-state index < -0.39 is 21.7 Å². The van der Waals surface area contributed by atoms with Gasteiger partial charge in [0, 0.05) is 18.9 Å². The number of carbonyl (C=O) groups excluding carboxylic acids is 1. The molecule has 8 nitrogen and oxygen atoms in total. The van der Waals surface area contributed by atoms with Gasteiger partial charge >= 0.3 is 0 Å². The Hall–Kier alpha value is -2.04. The van der Waals surface area contributed by atoms with Gasteiger partial charge < -0.3 is 10.1 Å². The van der Waals surface area contributed by atoms with Crippen molar-refractivity contribution in [1.82, 2.24) is 14.9 Å². The summed E-state index contributed by atoms with van der Waals surface area (Å²) < 4.78 is 34.4. The second-order valence-electron chi connectivity index (χ2n) is 6.46. The topological polar surface area (TPSA) is 110 Å². The first-order chi connectivity index (χ1) is 12.8. The molecule has 0 saturated heterocycles. The fraction of sp³-hybridized carbons (Fsp3) is 0.471. The van der Waals surface area contributed by atoms with E-state index in [9.17, 15) is 13.2 Å². The Labute approximate surface area is 162 Å². The van der Waals surface area contributed by atoms with Gasteiger partial charge in [0.25, 0.3) is 10.0 Å². The molecule has 0 fully saturated rings. The monoisotopic (exact) mass is 410 g/mol. The molecule has 1 unspecified atom stereocenters. The Morgan fingerprint density at radius 2 is 2.00 bits per heavy atom. The van der Waals surface area contributed by atoms with E-state index in [1.54, 1.807) is 0 Å². The minimum atomic E-state index is -3.90. The lowest BCUT2D eigenvalue weighted by Crippen LogP contribution is -2.44. The number of aromatic nitrogens is 2. The molecular formula is C17H22N4O4S2. The van der Waals surface area contributed by atoms with E-state index >= 15 is 0 Å². The molecule has 1 atom stereocenters. The Bertz CT molecular complexity index is 938. The summed E-state index contributed by atoms with van der Waals surface area (Å²) in [7, 11) is -3.90. The van der Waals surface area contributed by atoms with Gasteiger partial charge in [0.1, 0.15) is 11.4 Å². The normalized spacial score (nSPS) is 18.4. The third kappa shape index (κ3) is 4.12. The highest BCUT2D eigenvalue weighted by atomic mass is 32.2. The van der Waals surface area contributed by atoms with Crippen LogP contribution in [0, 0.1) is 0 Å². The molecule has 2 aromatic rings. The first-order valence-corrected chi connectivity index (χ1v) is 11.0. The molecule has 3 rings (SSSR count). The maximum absolute atomic E-state index is 12.8. The third-order valence-corrected chi connectivity index (χ3v) is 7.38. The lowest BCUT2D eigenvalue weighted by Gasteiger charge is -2.41. The molecule has 146 valence electrons. The van der Waals surface area contributed by atoms with Crippen LogP contribution < -0.4 is 14.8 Å². The average molecular weight is 411 g/mol. The van der Waals surface area contributed by atoms with Crippen LogP contribution in [0.3, 0.4) is 0 Å². The number of amides is 1. The van der Waals surface area contributed by atoms with Crippen molar-refractivity contribution in [2.24, 2.45) is 0 Å². The largest absolute Gasteiger partial charge is 0.487 e. The maximum Gasteiger partial charge on any atom is 0.270 e. The molecule has 0 saturated carbocycles. The van der Waals surface area contributed by atoms with Crippen molar-refractivity contribution in [2.75, 3.05) is 5.32 Å². The molecule has 1 aliphatic rings. The number of para-hydroxylation sites is 1. The Morgan fingerprint density at radius 3 is 2.67 bits per heavy atom. The van der Waals surface area contributed by atoms with Gasteiger partial charge in [-0.15, -0.1) is 10.2 Å². The van der Waals surface area contributed by atoms with Gasteiger partial charge in [-0.1, -0.05) is 43.4 Å². The molecule has 27 heavy (non-hydrogen) atoms. The van der Waals surface area contributed by atoms with Gasteiger partial charge in [-0.2, -0.15) is 0 Å². The summed E-state index contributed by atoms with van der Waals surface area (Å²) in [5.41, 5.74) is 0.370. The van der Waals surface area contributed by atoms with Gasteiger partial charge in [0.15, 0.2) is 0 Å². The van der Waals surface area contributed by atoms with Crippen LogP contribution in [-0.4, -0.2) is 30.1 Å². The predicted octanol–water partition coefficient (Wildman–Crippen LogP) is 2.86. The molecule has 1 aromatic heterocycles. The van der Waals surface area contributed by atoms with Crippen LogP contribution in [-0.2, 0) is 14.8 Å². The lowest BCUT2D eigenvalue weighted by atomic mass is 9.84. The molecule has 0 aliphatic carbocycles. The highest BCUT2D eigenvalue weighted by Gasteiger charge is 2.40. The Kier molecular flexibility index (Phi) is 5.50. The minimum Gasteiger partial charge on any atom is -0.487 e. The standard InChI is InChI=1S/C17H22N4O4S2/c1-4-17(5-2)10-13(12-8-6-7-9-14(12)25-17)21-27(23,24)16-20-19-15(26-16)18-11(3)22/h6-9,13,21H,4-5,10H2,1-3H3,(H,18,19,22). The van der Waals surface area contributed by atoms with E-state index in [4.69, 9.17) is 4.74 Å². The van der Waals surface area contributed by atoms with Crippen molar-refractivity contribution in [1.29, 1.82) is 0 Å². The number of nitrogens with one attached hydrogen (secondary N) is 2. The fourth-order valence-electron chi connectivity index (χ4n) is 3.16. The summed E-state index contributed by atoms with van der Waals surface area (Å²) in [4.78, 5) is 11.1. The minimum absolute atomic E-state index is 0.145. The lowest BCUT2D eigenvalue weighted by molar-refractivity contribution is -0.114. The second kappa shape index (κ2) is 7.53. The smallest absolute Gasteiger partial charge is 0.270 e. The molecular weight excluding hydrogens is 388 g/mol. The second-order valence-corrected chi connectivity index (χ2v) is 9.33. The number of hydrogen-bond donors (Lipinski definition) is 2. The van der Waals surface area contributed by atoms with Gasteiger partial charge in [0.05, 0.1) is 6.04 Å². The van der Waals surface area contributed by atoms with Gasteiger partial charge in [0.2, 0.25) is 15.4 Å². The van der Waals surface area contributed by atoms with Crippen LogP contribution in [0.1, 0.15) is 51.6 Å². The molecule has 1 aliphatic heterocycles. The molecule has 1 aromatic carbocycles. The van der Waals surface area contributed by atoms with Crippen LogP contribution in [0.2, 0.25) is 0 Å². The van der Waals surface area contributed by atoms with Crippen molar-refractivity contribution in [3.63, 3.8) is 0 Å². The molecule has 0 radical (unpaired) electrons. The molecule has 2 heterocycles. The van der Waals surface area contributed by atoms with Crippen molar-refractivity contribution in [3.8, 4) is 5.75 Å². The number of benzene rings is 1. The van der Waals surface area contributed by atoms with Crippen LogP contribution in [0.5, 0.6) is 5.75 Å². The zero-order valence-electron chi connectivity index (χ0n) is 15.4. The summed E-state index contributed by atoms with van der Waals surface area (Å²) >= 11 is 0.814. The van der Waals surface area contributed by atoms with Gasteiger partial charge in [-0.3, -0.25) is 4.79 Å². The van der Waals surface area contributed by atoms with E-state index in [-0.39, 0.29) is 15.4 Å². The van der Waals surface area contributed by atoms with Crippen molar-refractivity contribution < 1.29 is 17.9 Å². The SMILES string of the molecule is CCC1(CC)CC(NS(=O)(=O)c2nnc(NC(C)=O)s2)c2ccccc2O1. The van der Waals surface area contributed by atoms with E-state index in [1.807, 2.05) is 38.1 Å². The summed E-state index contributed by atoms with van der Waals surface area (Å²) in [6, 6.07) is 7.01. The number of fused-ring (bicyclic) bond motifs is 1. The molecule has 1 amide bonds. The zero-order valence-corrected chi connectivity index (χ0v) is 17.0. The summed E-state index contributed by atoms with van der Waals surface area (Å²) in [5, 5.41) is 10.0. The number of rotatable bonds is 6. The van der Waals surface area contributed by atoms with Crippen LogP contribution >= 0.6 is 11.3 Å². The van der Waals surface area contributed by atoms with E-state index in [2.05, 4.69) is 20.2 Å². The molecule has 0 spiro atoms. The Balaban J connectivity index is 1.91. The molecule has 10 heteroatoms. The number of carbonyl (C=O) groups is 1. The Morgan fingerprint density at radius 1 is 1.30 bits per heavy atom. The third-order valence-electron chi connectivity index (χ3n) is 4.70. The molecule has 0 bridgehead atoms. The quantitative estimate of drug-likeness (QED) is 0.709. The number of hydrogen-bond acceptors (Lipinski definition) is 7. The number of sulfonamides is 1. The summed E-state index contributed by atoms with van der Waals surface area (Å²) in [6.45, 7) is 5.39. The van der Waals surface area contributed by atoms with E-state index in [0.717, 1.165) is 29.7 Å². The molecule has 2 N–H and O–H groups in total. The zero-order chi connectivity index (χ0) is 19.7. The van der Waals surface area contributed by atoms with Crippen LogP contribution in [0.25, 0.3) is 0 Å². The number of ether oxygens (including phenoxy) is 1. The highest BCUT2D eigenvalue weighted by Crippen LogP contribution is 2.43. The van der Waals surface area contributed by atoms with E-state index in [1.165, 1.54) is 6.92 Å². The van der Waals surface area contributed by atoms with Crippen LogP contribution in [0.15, 0.2) is 28.6 Å². The van der Waals surface area contributed by atoms with Gasteiger partial charge in [-0.05, 0) is 18.9 Å². The van der Waals surface area contributed by atoms with Crippen molar-refractivity contribution in [3.05, 3.63) is 29.8 Å². The summed E-state index contributed by atoms with van der Waals surface area (Å²) in [6.07, 6.45) is 2.05. The highest BCUT2D eigenvalue weighted by molar-refractivity contribution is 7.91. The number of anilines is 1. The first kappa shape index (κ1) is 19.7.